The minimum Gasteiger partial charge on any atom is -0.398 e. The maximum atomic E-state index is 12.5. The van der Waals surface area contributed by atoms with Crippen LogP contribution in [0.3, 0.4) is 0 Å². The molecule has 2 unspecified atom stereocenters. The van der Waals surface area contributed by atoms with Gasteiger partial charge < -0.3 is 16.0 Å². The Balaban J connectivity index is 1.69. The van der Waals surface area contributed by atoms with Crippen LogP contribution in [0.15, 0.2) is 24.8 Å². The quantitative estimate of drug-likeness (QED) is 0.510. The summed E-state index contributed by atoms with van der Waals surface area (Å²) in [7, 11) is 2.19. The summed E-state index contributed by atoms with van der Waals surface area (Å²) in [5.41, 5.74) is 8.19. The molecule has 1 aromatic rings. The molecule has 23 heavy (non-hydrogen) atoms. The third-order valence-corrected chi connectivity index (χ3v) is 5.25. The molecule has 2 fully saturated rings. The first-order valence-corrected chi connectivity index (χ1v) is 8.07. The van der Waals surface area contributed by atoms with Gasteiger partial charge in [-0.25, -0.2) is 0 Å². The van der Waals surface area contributed by atoms with Crippen LogP contribution < -0.4 is 11.1 Å². The SMILES string of the molecule is C#Cc1ccc(N)c(C(=C)C(=O)NC2CC3CCC(C2)N3C)c1. The van der Waals surface area contributed by atoms with Gasteiger partial charge in [0.1, 0.15) is 0 Å². The summed E-state index contributed by atoms with van der Waals surface area (Å²) in [6.07, 6.45) is 9.89. The molecular weight excluding hydrogens is 286 g/mol. The second-order valence-electron chi connectivity index (χ2n) is 6.62. The van der Waals surface area contributed by atoms with Crippen molar-refractivity contribution < 1.29 is 4.79 Å². The number of terminal acetylenes is 1. The maximum absolute atomic E-state index is 12.5. The molecule has 0 aliphatic carbocycles. The lowest BCUT2D eigenvalue weighted by Crippen LogP contribution is -2.48. The number of amides is 1. The molecule has 1 aromatic carbocycles. The largest absolute Gasteiger partial charge is 0.398 e. The number of carbonyl (C=O) groups is 1. The van der Waals surface area contributed by atoms with E-state index in [4.69, 9.17) is 12.2 Å². The van der Waals surface area contributed by atoms with Crippen LogP contribution in [0, 0.1) is 12.3 Å². The molecule has 3 N–H and O–H groups in total. The van der Waals surface area contributed by atoms with Crippen LogP contribution in [0.25, 0.3) is 5.57 Å². The Morgan fingerprint density at radius 3 is 2.65 bits per heavy atom. The van der Waals surface area contributed by atoms with Crippen LogP contribution in [0.2, 0.25) is 0 Å². The summed E-state index contributed by atoms with van der Waals surface area (Å²) >= 11 is 0. The van der Waals surface area contributed by atoms with E-state index >= 15 is 0 Å². The van der Waals surface area contributed by atoms with Crippen molar-refractivity contribution in [3.05, 3.63) is 35.9 Å². The van der Waals surface area contributed by atoms with E-state index in [9.17, 15) is 4.79 Å². The summed E-state index contributed by atoms with van der Waals surface area (Å²) in [5, 5.41) is 3.13. The van der Waals surface area contributed by atoms with Crippen LogP contribution in [0.5, 0.6) is 0 Å². The van der Waals surface area contributed by atoms with E-state index in [1.165, 1.54) is 12.8 Å². The lowest BCUT2D eigenvalue weighted by atomic mass is 9.96. The van der Waals surface area contributed by atoms with Gasteiger partial charge >= 0.3 is 0 Å². The first-order chi connectivity index (χ1) is 11.0. The van der Waals surface area contributed by atoms with Gasteiger partial charge in [-0.15, -0.1) is 6.42 Å². The highest BCUT2D eigenvalue weighted by Crippen LogP contribution is 2.34. The molecule has 2 bridgehead atoms. The van der Waals surface area contributed by atoms with Crippen LogP contribution in [-0.2, 0) is 4.79 Å². The number of benzene rings is 1. The van der Waals surface area contributed by atoms with Crippen molar-refractivity contribution in [1.82, 2.24) is 10.2 Å². The minimum atomic E-state index is -0.153. The Kier molecular flexibility index (Phi) is 4.14. The first-order valence-electron chi connectivity index (χ1n) is 8.07. The summed E-state index contributed by atoms with van der Waals surface area (Å²) in [5.74, 6) is 2.41. The second kappa shape index (κ2) is 6.10. The van der Waals surface area contributed by atoms with E-state index in [0.29, 0.717) is 34.5 Å². The van der Waals surface area contributed by atoms with E-state index in [0.717, 1.165) is 12.8 Å². The molecule has 0 saturated carbocycles. The lowest BCUT2D eigenvalue weighted by Gasteiger charge is -2.36. The van der Waals surface area contributed by atoms with E-state index in [-0.39, 0.29) is 11.9 Å². The average Bonchev–Trinajstić information content (AvgIpc) is 2.76. The van der Waals surface area contributed by atoms with Gasteiger partial charge in [0.05, 0.1) is 0 Å². The van der Waals surface area contributed by atoms with Crippen molar-refractivity contribution in [3.8, 4) is 12.3 Å². The van der Waals surface area contributed by atoms with Crippen LogP contribution in [-0.4, -0.2) is 36.0 Å². The number of rotatable bonds is 3. The van der Waals surface area contributed by atoms with E-state index in [1.807, 2.05) is 0 Å². The number of fused-ring (bicyclic) bond motifs is 2. The van der Waals surface area contributed by atoms with Crippen molar-refractivity contribution in [2.75, 3.05) is 12.8 Å². The van der Waals surface area contributed by atoms with Crippen LogP contribution in [0.4, 0.5) is 5.69 Å². The predicted molar refractivity (Wildman–Crippen MR) is 93.6 cm³/mol. The molecule has 2 heterocycles. The number of hydrogen-bond donors (Lipinski definition) is 2. The molecule has 4 nitrogen and oxygen atoms in total. The number of piperidine rings is 1. The van der Waals surface area contributed by atoms with Gasteiger partial charge in [-0.3, -0.25) is 4.79 Å². The minimum absolute atomic E-state index is 0.153. The third kappa shape index (κ3) is 2.97. The molecule has 2 saturated heterocycles. The van der Waals surface area contributed by atoms with Gasteiger partial charge in [0.2, 0.25) is 0 Å². The maximum Gasteiger partial charge on any atom is 0.251 e. The molecule has 120 valence electrons. The van der Waals surface area contributed by atoms with Gasteiger partial charge in [-0.1, -0.05) is 12.5 Å². The van der Waals surface area contributed by atoms with Gasteiger partial charge in [0, 0.05) is 40.5 Å². The Bertz CT molecular complexity index is 674. The van der Waals surface area contributed by atoms with E-state index < -0.39 is 0 Å². The zero-order chi connectivity index (χ0) is 16.6. The van der Waals surface area contributed by atoms with Crippen molar-refractivity contribution in [2.45, 2.75) is 43.8 Å². The standard InChI is InChI=1S/C19H23N3O/c1-4-13-5-8-18(20)17(9-13)12(2)19(23)21-14-10-15-6-7-16(11-14)22(15)3/h1,5,8-9,14-16H,2,6-7,10-11,20H2,3H3,(H,21,23). The highest BCUT2D eigenvalue weighted by atomic mass is 16.1. The fourth-order valence-electron chi connectivity index (χ4n) is 3.83. The van der Waals surface area contributed by atoms with Crippen LogP contribution >= 0.6 is 0 Å². The van der Waals surface area contributed by atoms with Gasteiger partial charge in [-0.05, 0) is 50.9 Å². The summed E-state index contributed by atoms with van der Waals surface area (Å²) in [6.45, 7) is 3.92. The first kappa shape index (κ1) is 15.6. The highest BCUT2D eigenvalue weighted by molar-refractivity contribution is 6.20. The number of carbonyl (C=O) groups excluding carboxylic acids is 1. The summed E-state index contributed by atoms with van der Waals surface area (Å²) < 4.78 is 0. The number of nitrogens with zero attached hydrogens (tertiary/aromatic N) is 1. The van der Waals surface area contributed by atoms with Gasteiger partial charge in [0.15, 0.2) is 0 Å². The monoisotopic (exact) mass is 309 g/mol. The molecule has 2 atom stereocenters. The highest BCUT2D eigenvalue weighted by Gasteiger charge is 2.38. The summed E-state index contributed by atoms with van der Waals surface area (Å²) in [4.78, 5) is 15.0. The molecule has 0 spiro atoms. The van der Waals surface area contributed by atoms with Gasteiger partial charge in [-0.2, -0.15) is 0 Å². The van der Waals surface area contributed by atoms with Crippen molar-refractivity contribution in [3.63, 3.8) is 0 Å². The Morgan fingerprint density at radius 2 is 2.04 bits per heavy atom. The van der Waals surface area contributed by atoms with E-state index in [2.05, 4.69) is 29.8 Å². The molecule has 1 amide bonds. The van der Waals surface area contributed by atoms with Crippen molar-refractivity contribution in [2.24, 2.45) is 0 Å². The zero-order valence-electron chi connectivity index (χ0n) is 13.5. The van der Waals surface area contributed by atoms with Gasteiger partial charge in [0.25, 0.3) is 5.91 Å². The average molecular weight is 309 g/mol. The Morgan fingerprint density at radius 1 is 1.39 bits per heavy atom. The third-order valence-electron chi connectivity index (χ3n) is 5.25. The van der Waals surface area contributed by atoms with Crippen molar-refractivity contribution >= 4 is 17.2 Å². The number of anilines is 1. The topological polar surface area (TPSA) is 58.4 Å². The molecule has 2 aliphatic rings. The number of nitrogens with two attached hydrogens (primary N) is 1. The fourth-order valence-corrected chi connectivity index (χ4v) is 3.83. The van der Waals surface area contributed by atoms with Crippen LogP contribution in [0.1, 0.15) is 36.8 Å². The summed E-state index contributed by atoms with van der Waals surface area (Å²) in [6, 6.07) is 6.61. The molecule has 4 heteroatoms. The van der Waals surface area contributed by atoms with Crippen molar-refractivity contribution in [1.29, 1.82) is 0 Å². The zero-order valence-corrected chi connectivity index (χ0v) is 13.5. The molecule has 3 rings (SSSR count). The predicted octanol–water partition coefficient (Wildman–Crippen LogP) is 2.00. The van der Waals surface area contributed by atoms with E-state index in [1.54, 1.807) is 18.2 Å². The normalized spacial score (nSPS) is 26.5. The molecule has 2 aliphatic heterocycles. The second-order valence-corrected chi connectivity index (χ2v) is 6.62. The fraction of sp³-hybridized carbons (Fsp3) is 0.421. The number of hydrogen-bond acceptors (Lipinski definition) is 3. The molecular formula is C19H23N3O. The Labute approximate surface area is 137 Å². The molecule has 0 radical (unpaired) electrons. The smallest absolute Gasteiger partial charge is 0.251 e. The molecule has 0 aromatic heterocycles. The number of nitrogens with one attached hydrogen (secondary N) is 1. The number of nitrogen functional groups attached to an aromatic ring is 1. The Hall–Kier alpha value is -2.25. The lowest BCUT2D eigenvalue weighted by molar-refractivity contribution is -0.116.